The fourth-order valence-corrected chi connectivity index (χ4v) is 2.99. The smallest absolute Gasteiger partial charge is 0.330 e. The molecule has 2 aromatic rings. The van der Waals surface area contributed by atoms with Crippen LogP contribution in [0.5, 0.6) is 5.88 Å². The third kappa shape index (κ3) is 5.19. The van der Waals surface area contributed by atoms with Gasteiger partial charge in [0, 0.05) is 26.3 Å². The number of nitrogens with two attached hydrogens (primary N) is 1. The quantitative estimate of drug-likeness (QED) is 0.575. The lowest BCUT2D eigenvalue weighted by Gasteiger charge is -2.24. The minimum absolute atomic E-state index is 0.00847. The van der Waals surface area contributed by atoms with Crippen molar-refractivity contribution in [2.45, 2.75) is 33.2 Å². The van der Waals surface area contributed by atoms with Crippen molar-refractivity contribution in [1.82, 2.24) is 14.5 Å². The summed E-state index contributed by atoms with van der Waals surface area (Å²) in [5, 5.41) is 0.0835. The van der Waals surface area contributed by atoms with Crippen molar-refractivity contribution in [3.63, 3.8) is 0 Å². The first-order chi connectivity index (χ1) is 14.3. The summed E-state index contributed by atoms with van der Waals surface area (Å²) in [5.74, 6) is -0.568. The van der Waals surface area contributed by atoms with Crippen LogP contribution >= 0.6 is 11.6 Å². The largest absolute Gasteiger partial charge is 0.478 e. The molecule has 0 unspecified atom stereocenters. The van der Waals surface area contributed by atoms with Crippen LogP contribution < -0.4 is 26.6 Å². The van der Waals surface area contributed by atoms with Crippen molar-refractivity contribution >= 4 is 29.0 Å². The Morgan fingerprint density at radius 2 is 2.07 bits per heavy atom. The molecule has 0 bridgehead atoms. The molecule has 164 valence electrons. The van der Waals surface area contributed by atoms with E-state index in [1.54, 1.807) is 6.92 Å². The number of ether oxygens (including phenoxy) is 2. The Kier molecular flexibility index (Phi) is 8.43. The second kappa shape index (κ2) is 10.8. The molecular weight excluding hydrogens is 414 g/mol. The van der Waals surface area contributed by atoms with Crippen LogP contribution in [-0.2, 0) is 11.3 Å². The van der Waals surface area contributed by atoms with Gasteiger partial charge in [0.25, 0.3) is 11.5 Å². The molecule has 0 atom stereocenters. The van der Waals surface area contributed by atoms with Gasteiger partial charge in [-0.15, -0.1) is 0 Å². The maximum absolute atomic E-state index is 13.3. The first kappa shape index (κ1) is 23.4. The lowest BCUT2D eigenvalue weighted by Crippen LogP contribution is -2.43. The predicted octanol–water partition coefficient (Wildman–Crippen LogP) is 1.66. The summed E-state index contributed by atoms with van der Waals surface area (Å²) in [6, 6.07) is 3.02. The number of amides is 1. The Labute approximate surface area is 178 Å². The summed E-state index contributed by atoms with van der Waals surface area (Å²) < 4.78 is 11.7. The summed E-state index contributed by atoms with van der Waals surface area (Å²) in [5.41, 5.74) is 4.47. The third-order valence-corrected chi connectivity index (χ3v) is 4.60. The number of nitrogens with one attached hydrogen (secondary N) is 1. The molecule has 0 aliphatic rings. The van der Waals surface area contributed by atoms with Gasteiger partial charge in [0.1, 0.15) is 5.82 Å². The van der Waals surface area contributed by atoms with E-state index in [-0.39, 0.29) is 41.3 Å². The van der Waals surface area contributed by atoms with Gasteiger partial charge >= 0.3 is 5.69 Å². The molecule has 0 aromatic carbocycles. The van der Waals surface area contributed by atoms with Crippen LogP contribution in [-0.4, -0.2) is 47.3 Å². The normalized spacial score (nSPS) is 10.8. The summed E-state index contributed by atoms with van der Waals surface area (Å²) in [7, 11) is 1.46. The third-order valence-electron chi connectivity index (χ3n) is 4.30. The van der Waals surface area contributed by atoms with Crippen LogP contribution in [0.4, 0.5) is 11.5 Å². The molecule has 0 aliphatic heterocycles. The van der Waals surface area contributed by atoms with Gasteiger partial charge in [0.05, 0.1) is 18.2 Å². The van der Waals surface area contributed by atoms with E-state index in [1.807, 2.05) is 6.92 Å². The highest BCUT2D eigenvalue weighted by molar-refractivity contribution is 6.34. The van der Waals surface area contributed by atoms with Crippen molar-refractivity contribution in [2.75, 3.05) is 37.5 Å². The number of nitrogen functional groups attached to an aromatic ring is 1. The number of hydrogen-bond acceptors (Lipinski definition) is 7. The molecule has 1 amide bonds. The SMILES string of the molecule is CCCCn1c(N)c(N(CCOC)C(=O)c2nc(OCC)ccc2Cl)c(=O)[nH]c1=O. The van der Waals surface area contributed by atoms with E-state index in [0.717, 1.165) is 11.3 Å². The summed E-state index contributed by atoms with van der Waals surface area (Å²) in [6.45, 7) is 4.50. The predicted molar refractivity (Wildman–Crippen MR) is 115 cm³/mol. The van der Waals surface area contributed by atoms with Crippen molar-refractivity contribution in [3.05, 3.63) is 43.7 Å². The first-order valence-corrected chi connectivity index (χ1v) is 9.96. The molecule has 3 N–H and O–H groups in total. The second-order valence-corrected chi connectivity index (χ2v) is 6.77. The maximum Gasteiger partial charge on any atom is 0.330 e. The Bertz CT molecular complexity index is 1000. The van der Waals surface area contributed by atoms with Gasteiger partial charge in [-0.05, 0) is 19.4 Å². The Balaban J connectivity index is 2.61. The average Bonchev–Trinajstić information content (AvgIpc) is 2.71. The average molecular weight is 440 g/mol. The molecule has 0 spiro atoms. The monoisotopic (exact) mass is 439 g/mol. The number of nitrogens with zero attached hydrogens (tertiary/aromatic N) is 3. The van der Waals surface area contributed by atoms with E-state index in [9.17, 15) is 14.4 Å². The van der Waals surface area contributed by atoms with E-state index in [4.69, 9.17) is 26.8 Å². The molecule has 0 aliphatic carbocycles. The maximum atomic E-state index is 13.3. The number of carbonyl (C=O) groups excluding carboxylic acids is 1. The molecule has 11 heteroatoms. The number of H-pyrrole nitrogens is 1. The topological polar surface area (TPSA) is 133 Å². The minimum atomic E-state index is -0.785. The minimum Gasteiger partial charge on any atom is -0.478 e. The van der Waals surface area contributed by atoms with E-state index >= 15 is 0 Å². The van der Waals surface area contributed by atoms with Crippen molar-refractivity contribution in [3.8, 4) is 5.88 Å². The van der Waals surface area contributed by atoms with Crippen LogP contribution in [0.25, 0.3) is 0 Å². The lowest BCUT2D eigenvalue weighted by atomic mass is 10.2. The number of carbonyl (C=O) groups is 1. The number of rotatable bonds is 10. The highest BCUT2D eigenvalue weighted by Gasteiger charge is 2.27. The highest BCUT2D eigenvalue weighted by Crippen LogP contribution is 2.24. The number of pyridine rings is 1. The van der Waals surface area contributed by atoms with Gasteiger partial charge in [0.15, 0.2) is 11.4 Å². The van der Waals surface area contributed by atoms with Gasteiger partial charge in [-0.1, -0.05) is 24.9 Å². The number of aromatic nitrogens is 3. The van der Waals surface area contributed by atoms with E-state index in [1.165, 1.54) is 23.8 Å². The molecule has 0 radical (unpaired) electrons. The van der Waals surface area contributed by atoms with Crippen molar-refractivity contribution in [1.29, 1.82) is 0 Å². The summed E-state index contributed by atoms with van der Waals surface area (Å²) in [4.78, 5) is 45.6. The molecule has 30 heavy (non-hydrogen) atoms. The lowest BCUT2D eigenvalue weighted by molar-refractivity contribution is 0.0969. The fraction of sp³-hybridized carbons (Fsp3) is 0.474. The highest BCUT2D eigenvalue weighted by atomic mass is 35.5. The van der Waals surface area contributed by atoms with Gasteiger partial charge in [-0.2, -0.15) is 0 Å². The molecule has 0 saturated heterocycles. The van der Waals surface area contributed by atoms with Crippen LogP contribution in [0.2, 0.25) is 5.02 Å². The van der Waals surface area contributed by atoms with E-state index in [0.29, 0.717) is 19.6 Å². The van der Waals surface area contributed by atoms with Gasteiger partial charge in [-0.25, -0.2) is 9.78 Å². The molecule has 10 nitrogen and oxygen atoms in total. The summed E-state index contributed by atoms with van der Waals surface area (Å²) in [6.07, 6.45) is 1.49. The number of halogens is 1. The van der Waals surface area contributed by atoms with E-state index in [2.05, 4.69) is 9.97 Å². The van der Waals surface area contributed by atoms with Gasteiger partial charge < -0.3 is 15.2 Å². The second-order valence-electron chi connectivity index (χ2n) is 6.36. The summed E-state index contributed by atoms with van der Waals surface area (Å²) >= 11 is 6.19. The number of methoxy groups -OCH3 is 1. The Morgan fingerprint density at radius 3 is 2.70 bits per heavy atom. The number of anilines is 2. The molecule has 0 fully saturated rings. The molecule has 2 rings (SSSR count). The zero-order valence-electron chi connectivity index (χ0n) is 17.2. The Hall–Kier alpha value is -2.85. The van der Waals surface area contributed by atoms with E-state index < -0.39 is 17.2 Å². The molecular formula is C19H26ClN5O5. The molecule has 2 aromatic heterocycles. The van der Waals surface area contributed by atoms with Crippen LogP contribution in [0.3, 0.4) is 0 Å². The van der Waals surface area contributed by atoms with Gasteiger partial charge in [-0.3, -0.25) is 24.0 Å². The molecule has 0 saturated carbocycles. The number of aromatic amines is 1. The Morgan fingerprint density at radius 1 is 1.33 bits per heavy atom. The molecule has 2 heterocycles. The number of unbranched alkanes of at least 4 members (excludes halogenated alkanes) is 1. The van der Waals surface area contributed by atoms with Crippen molar-refractivity contribution < 1.29 is 14.3 Å². The zero-order chi connectivity index (χ0) is 22.3. The fourth-order valence-electron chi connectivity index (χ4n) is 2.80. The standard InChI is InChI=1S/C19H26ClN5O5/c1-4-6-9-25-16(21)15(17(26)23-19(25)28)24(10-11-29-3)18(27)14-12(20)7-8-13(22-14)30-5-2/h7-8H,4-6,9-11,21H2,1-3H3,(H,23,26,28). The van der Waals surface area contributed by atoms with Crippen LogP contribution in [0, 0.1) is 0 Å². The van der Waals surface area contributed by atoms with Crippen molar-refractivity contribution in [2.24, 2.45) is 0 Å². The van der Waals surface area contributed by atoms with Gasteiger partial charge in [0.2, 0.25) is 5.88 Å². The first-order valence-electron chi connectivity index (χ1n) is 9.58. The number of hydrogen-bond donors (Lipinski definition) is 2. The zero-order valence-corrected chi connectivity index (χ0v) is 18.0. The van der Waals surface area contributed by atoms with Crippen LogP contribution in [0.1, 0.15) is 37.2 Å². The van der Waals surface area contributed by atoms with Crippen LogP contribution in [0.15, 0.2) is 21.7 Å².